The lowest BCUT2D eigenvalue weighted by Crippen LogP contribution is -2.37. The summed E-state index contributed by atoms with van der Waals surface area (Å²) >= 11 is 0. The number of nitrogens with zero attached hydrogens (tertiary/aromatic N) is 1. The SMILES string of the molecule is CCCCC/C=C/C/C=C/C/C=C/C/C=C/C/C=C/CCC(=O)OC(COC(=O)CCCCCCCCCCCCCCCCC)COP(=O)(O)OCC[N+](C)(C)C. The molecule has 0 fully saturated rings. The van der Waals surface area contributed by atoms with E-state index in [9.17, 15) is 19.0 Å². The lowest BCUT2D eigenvalue weighted by atomic mass is 10.0. The quantitative estimate of drug-likeness (QED) is 0.0213. The van der Waals surface area contributed by atoms with Crippen molar-refractivity contribution in [1.82, 2.24) is 0 Å². The number of likely N-dealkylation sites (N-methyl/N-ethyl adjacent to an activating group) is 1. The van der Waals surface area contributed by atoms with Crippen LogP contribution in [0.5, 0.6) is 0 Å². The molecule has 0 spiro atoms. The van der Waals surface area contributed by atoms with Crippen molar-refractivity contribution >= 4 is 19.8 Å². The van der Waals surface area contributed by atoms with E-state index in [0.29, 0.717) is 17.4 Å². The Bertz CT molecular complexity index is 1170. The summed E-state index contributed by atoms with van der Waals surface area (Å²) in [5, 5.41) is 0. The molecule has 0 aromatic heterocycles. The third-order valence-electron chi connectivity index (χ3n) is 9.56. The summed E-state index contributed by atoms with van der Waals surface area (Å²) in [5.41, 5.74) is 0. The van der Waals surface area contributed by atoms with Crippen LogP contribution in [0.25, 0.3) is 0 Å². The molecule has 1 N–H and O–H groups in total. The second-order valence-corrected chi connectivity index (χ2v) is 17.9. The Morgan fingerprint density at radius 3 is 1.45 bits per heavy atom. The van der Waals surface area contributed by atoms with E-state index < -0.39 is 26.5 Å². The highest BCUT2D eigenvalue weighted by molar-refractivity contribution is 7.47. The maximum Gasteiger partial charge on any atom is 0.472 e. The minimum absolute atomic E-state index is 0.0172. The molecule has 0 aliphatic heterocycles. The van der Waals surface area contributed by atoms with Crippen molar-refractivity contribution in [2.45, 2.75) is 187 Å². The molecule has 58 heavy (non-hydrogen) atoms. The first-order valence-corrected chi connectivity index (χ1v) is 24.5. The molecule has 0 heterocycles. The van der Waals surface area contributed by atoms with Gasteiger partial charge in [-0.05, 0) is 51.4 Å². The van der Waals surface area contributed by atoms with Crippen LogP contribution in [0.15, 0.2) is 60.8 Å². The molecular weight excluding hydrogens is 750 g/mol. The summed E-state index contributed by atoms with van der Waals surface area (Å²) < 4.78 is 34.2. The molecule has 0 radical (unpaired) electrons. The van der Waals surface area contributed by atoms with E-state index in [1.165, 1.54) is 103 Å². The average Bonchev–Trinajstić information content (AvgIpc) is 3.17. The van der Waals surface area contributed by atoms with E-state index >= 15 is 0 Å². The Kier molecular flexibility index (Phi) is 38.5. The van der Waals surface area contributed by atoms with Gasteiger partial charge in [0, 0.05) is 12.8 Å². The van der Waals surface area contributed by atoms with E-state index in [4.69, 9.17) is 18.5 Å². The van der Waals surface area contributed by atoms with E-state index in [-0.39, 0.29) is 32.0 Å². The minimum atomic E-state index is -4.40. The van der Waals surface area contributed by atoms with Crippen molar-refractivity contribution in [3.63, 3.8) is 0 Å². The molecule has 10 heteroatoms. The summed E-state index contributed by atoms with van der Waals surface area (Å²) in [6, 6.07) is 0. The third-order valence-corrected chi connectivity index (χ3v) is 10.5. The van der Waals surface area contributed by atoms with Crippen molar-refractivity contribution in [1.29, 1.82) is 0 Å². The van der Waals surface area contributed by atoms with Crippen molar-refractivity contribution in [3.8, 4) is 0 Å². The first kappa shape index (κ1) is 55.7. The number of esters is 2. The van der Waals surface area contributed by atoms with E-state index in [2.05, 4.69) is 62.5 Å². The van der Waals surface area contributed by atoms with E-state index in [1.54, 1.807) is 0 Å². The fourth-order valence-electron chi connectivity index (χ4n) is 5.94. The second-order valence-electron chi connectivity index (χ2n) is 16.4. The second kappa shape index (κ2) is 40.1. The molecule has 0 aliphatic rings. The van der Waals surface area contributed by atoms with Crippen LogP contribution in [-0.4, -0.2) is 74.9 Å². The Labute approximate surface area is 356 Å². The molecule has 0 aliphatic carbocycles. The number of rotatable bonds is 41. The summed E-state index contributed by atoms with van der Waals surface area (Å²) in [6.07, 6.45) is 48.5. The Hall–Kier alpha value is -2.29. The third kappa shape index (κ3) is 43.3. The van der Waals surface area contributed by atoms with Gasteiger partial charge in [0.25, 0.3) is 0 Å². The number of carbonyl (C=O) groups excluding carboxylic acids is 2. The van der Waals surface area contributed by atoms with Crippen LogP contribution >= 0.6 is 7.82 Å². The summed E-state index contributed by atoms with van der Waals surface area (Å²) in [5.74, 6) is -0.893. The van der Waals surface area contributed by atoms with Gasteiger partial charge in [0.15, 0.2) is 6.10 Å². The molecule has 336 valence electrons. The van der Waals surface area contributed by atoms with Crippen molar-refractivity contribution < 1.29 is 42.1 Å². The van der Waals surface area contributed by atoms with Crippen molar-refractivity contribution in [2.75, 3.05) is 47.5 Å². The van der Waals surface area contributed by atoms with Crippen LogP contribution in [0.4, 0.5) is 0 Å². The largest absolute Gasteiger partial charge is 0.472 e. The normalized spacial score (nSPS) is 14.1. The highest BCUT2D eigenvalue weighted by Gasteiger charge is 2.27. The number of quaternary nitrogens is 1. The number of hydrogen-bond acceptors (Lipinski definition) is 7. The lowest BCUT2D eigenvalue weighted by Gasteiger charge is -2.24. The number of unbranched alkanes of at least 4 members (excludes halogenated alkanes) is 17. The Morgan fingerprint density at radius 2 is 0.966 bits per heavy atom. The molecular formula is C48H87NO8P+. The molecule has 0 saturated heterocycles. The van der Waals surface area contributed by atoms with Gasteiger partial charge >= 0.3 is 19.8 Å². The number of phosphoric acid groups is 1. The van der Waals surface area contributed by atoms with Crippen molar-refractivity contribution in [2.24, 2.45) is 0 Å². The zero-order valence-electron chi connectivity index (χ0n) is 37.8. The predicted molar refractivity (Wildman–Crippen MR) is 243 cm³/mol. The summed E-state index contributed by atoms with van der Waals surface area (Å²) in [7, 11) is 1.43. The van der Waals surface area contributed by atoms with E-state index in [1.807, 2.05) is 33.3 Å². The van der Waals surface area contributed by atoms with Crippen molar-refractivity contribution in [3.05, 3.63) is 60.8 Å². The molecule has 0 aromatic carbocycles. The van der Waals surface area contributed by atoms with Gasteiger partial charge in [0.1, 0.15) is 19.8 Å². The number of ether oxygens (including phenoxy) is 2. The van der Waals surface area contributed by atoms with Crippen LogP contribution in [0.1, 0.15) is 181 Å². The molecule has 0 rings (SSSR count). The molecule has 0 saturated carbocycles. The minimum Gasteiger partial charge on any atom is -0.462 e. The maximum atomic E-state index is 12.7. The van der Waals surface area contributed by atoms with E-state index in [0.717, 1.165) is 44.9 Å². The number of hydrogen-bond donors (Lipinski definition) is 1. The first-order valence-electron chi connectivity index (χ1n) is 23.0. The van der Waals surface area contributed by atoms with Crippen LogP contribution in [0, 0.1) is 0 Å². The monoisotopic (exact) mass is 837 g/mol. The zero-order chi connectivity index (χ0) is 42.8. The predicted octanol–water partition coefficient (Wildman–Crippen LogP) is 13.2. The van der Waals surface area contributed by atoms with Gasteiger partial charge in [-0.1, -0.05) is 177 Å². The molecule has 0 bridgehead atoms. The first-order chi connectivity index (χ1) is 28.0. The number of allylic oxidation sites excluding steroid dienone is 10. The van der Waals surface area contributed by atoms with Gasteiger partial charge in [-0.2, -0.15) is 0 Å². The maximum absolute atomic E-state index is 12.7. The average molecular weight is 837 g/mol. The molecule has 2 unspecified atom stereocenters. The summed E-state index contributed by atoms with van der Waals surface area (Å²) in [4.78, 5) is 35.4. The van der Waals surface area contributed by atoms with Crippen LogP contribution in [0.3, 0.4) is 0 Å². The van der Waals surface area contributed by atoms with Crippen LogP contribution in [0.2, 0.25) is 0 Å². The van der Waals surface area contributed by atoms with Crippen LogP contribution in [-0.2, 0) is 32.7 Å². The number of carbonyl (C=O) groups is 2. The lowest BCUT2D eigenvalue weighted by molar-refractivity contribution is -0.870. The Morgan fingerprint density at radius 1 is 0.534 bits per heavy atom. The van der Waals surface area contributed by atoms with Gasteiger partial charge in [-0.15, -0.1) is 0 Å². The fraction of sp³-hybridized carbons (Fsp3) is 0.750. The molecule has 2 atom stereocenters. The zero-order valence-corrected chi connectivity index (χ0v) is 38.7. The highest BCUT2D eigenvalue weighted by atomic mass is 31.2. The van der Waals surface area contributed by atoms with Gasteiger partial charge in [0.05, 0.1) is 27.7 Å². The molecule has 9 nitrogen and oxygen atoms in total. The topological polar surface area (TPSA) is 108 Å². The standard InChI is InChI=1S/C48H86NO8P/c1-6-8-10-12-14-16-18-20-22-23-24-25-27-29-31-33-35-37-39-41-48(51)57-46(45-56-58(52,53)55-43-42-49(3,4)5)44-54-47(50)40-38-36-34-32-30-28-26-21-19-17-15-13-11-9-7-2/h14,16,20,22,24-25,29,31,35,37,46H,6-13,15,17-19,21,23,26-28,30,32-34,36,38-45H2,1-5H3/p+1/b16-14+,22-20+,25-24+,31-29+,37-35+. The van der Waals surface area contributed by atoms with Gasteiger partial charge in [-0.3, -0.25) is 18.6 Å². The van der Waals surface area contributed by atoms with Gasteiger partial charge in [0.2, 0.25) is 0 Å². The summed E-state index contributed by atoms with van der Waals surface area (Å²) in [6.45, 7) is 4.31. The van der Waals surface area contributed by atoms with Crippen LogP contribution < -0.4 is 0 Å². The van der Waals surface area contributed by atoms with Gasteiger partial charge in [-0.25, -0.2) is 4.57 Å². The Balaban J connectivity index is 4.46. The number of phosphoric ester groups is 1. The highest BCUT2D eigenvalue weighted by Crippen LogP contribution is 2.43. The molecule has 0 aromatic rings. The smallest absolute Gasteiger partial charge is 0.462 e. The fourth-order valence-corrected chi connectivity index (χ4v) is 6.68. The molecule has 0 amide bonds. The van der Waals surface area contributed by atoms with Gasteiger partial charge < -0.3 is 18.9 Å².